The van der Waals surface area contributed by atoms with E-state index in [2.05, 4.69) is 43.6 Å². The van der Waals surface area contributed by atoms with Gasteiger partial charge in [-0.15, -0.1) is 0 Å². The van der Waals surface area contributed by atoms with Crippen molar-refractivity contribution in [2.24, 2.45) is 0 Å². The van der Waals surface area contributed by atoms with Crippen LogP contribution in [-0.2, 0) is 9.47 Å². The number of hydrogen-bond donors (Lipinski definition) is 0. The molecule has 0 N–H and O–H groups in total. The number of halogens is 1. The molecule has 0 saturated carbocycles. The Bertz CT molecular complexity index is 235. The first-order valence-corrected chi connectivity index (χ1v) is 5.61. The second-order valence-electron chi connectivity index (χ2n) is 5.09. The topological polar surface area (TPSA) is 18.5 Å². The van der Waals surface area contributed by atoms with Crippen molar-refractivity contribution < 1.29 is 9.47 Å². The molecule has 2 fully saturated rings. The van der Waals surface area contributed by atoms with Gasteiger partial charge in [0.1, 0.15) is 0 Å². The maximum atomic E-state index is 5.95. The normalized spacial score (nSPS) is 53.8. The lowest BCUT2D eigenvalue weighted by molar-refractivity contribution is -0.130. The lowest BCUT2D eigenvalue weighted by Gasteiger charge is -2.39. The van der Waals surface area contributed by atoms with Crippen molar-refractivity contribution in [1.82, 2.24) is 0 Å². The Morgan fingerprint density at radius 1 is 1.08 bits per heavy atom. The maximum Gasteiger partial charge on any atom is 0.174 e. The largest absolute Gasteiger partial charge is 0.342 e. The molecule has 3 atom stereocenters. The highest BCUT2D eigenvalue weighted by atomic mass is 79.9. The van der Waals surface area contributed by atoms with E-state index in [0.717, 1.165) is 12.8 Å². The molecule has 2 rings (SSSR count). The van der Waals surface area contributed by atoms with Crippen LogP contribution in [0, 0.1) is 0 Å². The molecule has 2 nitrogen and oxygen atoms in total. The third-order valence-electron chi connectivity index (χ3n) is 3.62. The van der Waals surface area contributed by atoms with Gasteiger partial charge in [-0.25, -0.2) is 0 Å². The molecule has 76 valence electrons. The minimum Gasteiger partial charge on any atom is -0.342 e. The summed E-state index contributed by atoms with van der Waals surface area (Å²) in [5, 5.41) is 0. The highest BCUT2D eigenvalue weighted by Crippen LogP contribution is 2.52. The van der Waals surface area contributed by atoms with Gasteiger partial charge in [-0.2, -0.15) is 0 Å². The van der Waals surface area contributed by atoms with Crippen LogP contribution < -0.4 is 0 Å². The van der Waals surface area contributed by atoms with Gasteiger partial charge in [-0.1, -0.05) is 15.9 Å². The Balaban J connectivity index is 2.31. The number of ether oxygens (including phenoxy) is 2. The molecule has 2 saturated heterocycles. The summed E-state index contributed by atoms with van der Waals surface area (Å²) in [7, 11) is 0. The number of rotatable bonds is 0. The molecule has 2 aliphatic heterocycles. The van der Waals surface area contributed by atoms with Gasteiger partial charge >= 0.3 is 0 Å². The standard InChI is InChI=1S/C10H17BrO2/c1-8(2)10(4)6-5-9(3,11)7(12-8)13-10/h7H,5-6H2,1-4H3/t7-,9+,10+/m1/s1. The molecule has 0 unspecified atom stereocenters. The first-order valence-electron chi connectivity index (χ1n) is 4.81. The van der Waals surface area contributed by atoms with Gasteiger partial charge in [-0.05, 0) is 40.5 Å². The summed E-state index contributed by atoms with van der Waals surface area (Å²) in [6, 6.07) is 0. The zero-order chi connectivity index (χ0) is 9.91. The van der Waals surface area contributed by atoms with E-state index in [1.54, 1.807) is 0 Å². The monoisotopic (exact) mass is 248 g/mol. The maximum absolute atomic E-state index is 5.95. The van der Waals surface area contributed by atoms with E-state index in [9.17, 15) is 0 Å². The van der Waals surface area contributed by atoms with Crippen LogP contribution in [0.4, 0.5) is 0 Å². The first-order chi connectivity index (χ1) is 5.77. The second kappa shape index (κ2) is 2.50. The molecule has 0 amide bonds. The third kappa shape index (κ3) is 1.28. The van der Waals surface area contributed by atoms with E-state index in [1.165, 1.54) is 0 Å². The minimum atomic E-state index is -0.163. The SMILES string of the molecule is CC1(C)O[C@@H]2O[C@@]1(C)CC[C@]2(C)Br. The molecular weight excluding hydrogens is 232 g/mol. The quantitative estimate of drug-likeness (QED) is 0.614. The first kappa shape index (κ1) is 9.94. The van der Waals surface area contributed by atoms with Crippen molar-refractivity contribution >= 4 is 15.9 Å². The van der Waals surface area contributed by atoms with Crippen LogP contribution in [0.15, 0.2) is 0 Å². The summed E-state index contributed by atoms with van der Waals surface area (Å²) in [6.45, 7) is 8.51. The predicted octanol–water partition coefficient (Wildman–Crippen LogP) is 2.84. The molecule has 2 aliphatic rings. The highest BCUT2D eigenvalue weighted by molar-refractivity contribution is 9.10. The van der Waals surface area contributed by atoms with Gasteiger partial charge in [0.15, 0.2) is 6.29 Å². The molecule has 0 aromatic carbocycles. The number of hydrogen-bond acceptors (Lipinski definition) is 2. The van der Waals surface area contributed by atoms with Crippen LogP contribution in [0.5, 0.6) is 0 Å². The minimum absolute atomic E-state index is 0.0136. The zero-order valence-electron chi connectivity index (χ0n) is 8.69. The van der Waals surface area contributed by atoms with Crippen molar-refractivity contribution in [2.75, 3.05) is 0 Å². The lowest BCUT2D eigenvalue weighted by atomic mass is 9.81. The van der Waals surface area contributed by atoms with Crippen LogP contribution in [0.3, 0.4) is 0 Å². The van der Waals surface area contributed by atoms with Crippen molar-refractivity contribution in [1.29, 1.82) is 0 Å². The zero-order valence-corrected chi connectivity index (χ0v) is 10.3. The Labute approximate surface area is 88.1 Å². The van der Waals surface area contributed by atoms with Gasteiger partial charge in [0.2, 0.25) is 0 Å². The van der Waals surface area contributed by atoms with E-state index in [0.29, 0.717) is 0 Å². The Kier molecular flexibility index (Phi) is 1.91. The summed E-state index contributed by atoms with van der Waals surface area (Å²) >= 11 is 3.67. The van der Waals surface area contributed by atoms with E-state index < -0.39 is 0 Å². The molecule has 13 heavy (non-hydrogen) atoms. The Morgan fingerprint density at radius 2 is 1.69 bits per heavy atom. The summed E-state index contributed by atoms with van der Waals surface area (Å²) in [6.07, 6.45) is 2.07. The van der Waals surface area contributed by atoms with Crippen molar-refractivity contribution in [2.45, 2.75) is 62.4 Å². The van der Waals surface area contributed by atoms with E-state index >= 15 is 0 Å². The van der Waals surface area contributed by atoms with Crippen molar-refractivity contribution in [3.63, 3.8) is 0 Å². The van der Waals surface area contributed by atoms with Gasteiger partial charge in [0.05, 0.1) is 15.5 Å². The smallest absolute Gasteiger partial charge is 0.174 e. The Morgan fingerprint density at radius 3 is 2.23 bits per heavy atom. The number of fused-ring (bicyclic) bond motifs is 2. The Hall–Kier alpha value is 0.400. The molecule has 0 spiro atoms. The molecule has 0 radical (unpaired) electrons. The molecule has 0 aromatic heterocycles. The molecule has 2 heterocycles. The fourth-order valence-electron chi connectivity index (χ4n) is 2.00. The average Bonchev–Trinajstić information content (AvgIpc) is 2.17. The van der Waals surface area contributed by atoms with Crippen LogP contribution >= 0.6 is 15.9 Å². The predicted molar refractivity (Wildman–Crippen MR) is 55.0 cm³/mol. The highest BCUT2D eigenvalue weighted by Gasteiger charge is 2.60. The van der Waals surface area contributed by atoms with Crippen LogP contribution in [0.2, 0.25) is 0 Å². The summed E-state index contributed by atoms with van der Waals surface area (Å²) in [4.78, 5) is 0. The van der Waals surface area contributed by atoms with E-state index in [4.69, 9.17) is 9.47 Å². The number of alkyl halides is 1. The summed E-state index contributed by atoms with van der Waals surface area (Å²) in [5.41, 5.74) is -0.270. The molecule has 2 bridgehead atoms. The van der Waals surface area contributed by atoms with Gasteiger partial charge in [-0.3, -0.25) is 0 Å². The van der Waals surface area contributed by atoms with Crippen LogP contribution in [0.1, 0.15) is 40.5 Å². The van der Waals surface area contributed by atoms with Gasteiger partial charge < -0.3 is 9.47 Å². The summed E-state index contributed by atoms with van der Waals surface area (Å²) in [5.74, 6) is 0. The fraction of sp³-hybridized carbons (Fsp3) is 1.00. The third-order valence-corrected chi connectivity index (χ3v) is 4.40. The molecule has 3 heteroatoms. The fourth-order valence-corrected chi connectivity index (χ4v) is 2.39. The molecule has 0 aliphatic carbocycles. The van der Waals surface area contributed by atoms with Crippen molar-refractivity contribution in [3.05, 3.63) is 0 Å². The van der Waals surface area contributed by atoms with Crippen LogP contribution in [0.25, 0.3) is 0 Å². The van der Waals surface area contributed by atoms with E-state index in [1.807, 2.05) is 0 Å². The second-order valence-corrected chi connectivity index (χ2v) is 6.90. The van der Waals surface area contributed by atoms with Crippen molar-refractivity contribution in [3.8, 4) is 0 Å². The van der Waals surface area contributed by atoms with Gasteiger partial charge in [0.25, 0.3) is 0 Å². The van der Waals surface area contributed by atoms with E-state index in [-0.39, 0.29) is 21.8 Å². The lowest BCUT2D eigenvalue weighted by Crippen LogP contribution is -2.47. The van der Waals surface area contributed by atoms with Gasteiger partial charge in [0, 0.05) is 0 Å². The molecule has 0 aromatic rings. The molecular formula is C10H17BrO2. The summed E-state index contributed by atoms with van der Waals surface area (Å²) < 4.78 is 11.9. The average molecular weight is 249 g/mol. The van der Waals surface area contributed by atoms with Crippen LogP contribution in [-0.4, -0.2) is 21.8 Å².